The van der Waals surface area contributed by atoms with Gasteiger partial charge in [-0.2, -0.15) is 13.9 Å². The molecule has 0 unspecified atom stereocenters. The molecule has 1 aromatic carbocycles. The maximum absolute atomic E-state index is 12.7. The number of hydrogen-bond donors (Lipinski definition) is 0. The lowest BCUT2D eigenvalue weighted by Crippen LogP contribution is -2.26. The van der Waals surface area contributed by atoms with E-state index in [9.17, 15) is 8.78 Å². The fourth-order valence-corrected chi connectivity index (χ4v) is 2.48. The highest BCUT2D eigenvalue weighted by molar-refractivity contribution is 6.30. The number of benzene rings is 1. The van der Waals surface area contributed by atoms with Crippen LogP contribution in [0.1, 0.15) is 5.56 Å². The minimum atomic E-state index is -3.00. The van der Waals surface area contributed by atoms with Crippen LogP contribution in [0.5, 0.6) is 5.88 Å². The lowest BCUT2D eigenvalue weighted by molar-refractivity contribution is -0.0524. The summed E-state index contributed by atoms with van der Waals surface area (Å²) in [5, 5.41) is 5.71. The van der Waals surface area contributed by atoms with E-state index >= 15 is 0 Å². The van der Waals surface area contributed by atoms with E-state index in [-0.39, 0.29) is 18.4 Å². The standard InChI is InChI=1S/C17H17ClF2N4O2/c1-21-17(25-3)24(22-2)10-11-7-14(12-5-4-6-13(18)8-12)15(23-9-11)26-16(19)20/h4-9,16H,2,10H2,1,3H3/b21-17+. The van der Waals surface area contributed by atoms with Gasteiger partial charge in [-0.05, 0) is 29.3 Å². The normalized spacial score (nSPS) is 11.4. The number of hydrazone groups is 1. The Kier molecular flexibility index (Phi) is 6.85. The summed E-state index contributed by atoms with van der Waals surface area (Å²) in [5.41, 5.74) is 1.63. The molecule has 1 aromatic heterocycles. The first-order chi connectivity index (χ1) is 12.5. The van der Waals surface area contributed by atoms with Gasteiger partial charge in [0.15, 0.2) is 0 Å². The molecule has 0 atom stereocenters. The molecule has 0 saturated carbocycles. The topological polar surface area (TPSA) is 59.3 Å². The Morgan fingerprint density at radius 2 is 2.15 bits per heavy atom. The highest BCUT2D eigenvalue weighted by Crippen LogP contribution is 2.32. The monoisotopic (exact) mass is 382 g/mol. The van der Waals surface area contributed by atoms with Crippen LogP contribution in [-0.2, 0) is 11.3 Å². The molecule has 6 nitrogen and oxygen atoms in total. The average molecular weight is 383 g/mol. The molecule has 0 aliphatic heterocycles. The zero-order valence-electron chi connectivity index (χ0n) is 14.2. The first-order valence-electron chi connectivity index (χ1n) is 7.43. The number of ether oxygens (including phenoxy) is 2. The number of hydrogen-bond acceptors (Lipinski definition) is 5. The van der Waals surface area contributed by atoms with E-state index in [1.165, 1.54) is 18.3 Å². The number of nitrogens with zero attached hydrogens (tertiary/aromatic N) is 4. The van der Waals surface area contributed by atoms with Gasteiger partial charge in [-0.25, -0.2) is 15.0 Å². The number of pyridine rings is 1. The molecule has 1 heterocycles. The van der Waals surface area contributed by atoms with Crippen LogP contribution in [-0.4, -0.2) is 43.5 Å². The first kappa shape index (κ1) is 19.6. The maximum Gasteiger partial charge on any atom is 0.388 e. The van der Waals surface area contributed by atoms with Crippen molar-refractivity contribution in [3.05, 3.63) is 47.1 Å². The van der Waals surface area contributed by atoms with Crippen LogP contribution in [0, 0.1) is 0 Å². The molecule has 2 rings (SSSR count). The summed E-state index contributed by atoms with van der Waals surface area (Å²) in [4.78, 5) is 7.96. The van der Waals surface area contributed by atoms with Crippen LogP contribution in [0.2, 0.25) is 5.02 Å². The van der Waals surface area contributed by atoms with Crippen molar-refractivity contribution in [2.45, 2.75) is 13.2 Å². The highest BCUT2D eigenvalue weighted by atomic mass is 35.5. The van der Waals surface area contributed by atoms with Crippen LogP contribution in [0.25, 0.3) is 11.1 Å². The molecular weight excluding hydrogens is 366 g/mol. The summed E-state index contributed by atoms with van der Waals surface area (Å²) in [7, 11) is 3.00. The molecule has 0 spiro atoms. The number of methoxy groups -OCH3 is 1. The van der Waals surface area contributed by atoms with Crippen LogP contribution in [0.15, 0.2) is 46.6 Å². The Morgan fingerprint density at radius 1 is 1.38 bits per heavy atom. The summed E-state index contributed by atoms with van der Waals surface area (Å²) < 4.78 is 35.1. The van der Waals surface area contributed by atoms with E-state index < -0.39 is 6.61 Å². The molecule has 26 heavy (non-hydrogen) atoms. The van der Waals surface area contributed by atoms with Gasteiger partial charge in [0.2, 0.25) is 5.88 Å². The zero-order chi connectivity index (χ0) is 19.1. The molecule has 9 heteroatoms. The van der Waals surface area contributed by atoms with Crippen molar-refractivity contribution in [1.82, 2.24) is 9.99 Å². The third-order valence-corrected chi connectivity index (χ3v) is 3.58. The van der Waals surface area contributed by atoms with E-state index in [0.29, 0.717) is 21.7 Å². The van der Waals surface area contributed by atoms with Crippen LogP contribution in [0.4, 0.5) is 8.78 Å². The molecule has 0 amide bonds. The Hall–Kier alpha value is -2.74. The van der Waals surface area contributed by atoms with Gasteiger partial charge in [0.1, 0.15) is 0 Å². The van der Waals surface area contributed by atoms with Crippen molar-refractivity contribution in [1.29, 1.82) is 0 Å². The fourth-order valence-electron chi connectivity index (χ4n) is 2.29. The zero-order valence-corrected chi connectivity index (χ0v) is 15.0. The second-order valence-electron chi connectivity index (χ2n) is 4.99. The molecule has 0 N–H and O–H groups in total. The Bertz CT molecular complexity index is 802. The van der Waals surface area contributed by atoms with Crippen molar-refractivity contribution in [3.63, 3.8) is 0 Å². The van der Waals surface area contributed by atoms with E-state index in [2.05, 4.69) is 26.5 Å². The Labute approximate surface area is 154 Å². The van der Waals surface area contributed by atoms with Gasteiger partial charge in [-0.1, -0.05) is 23.7 Å². The van der Waals surface area contributed by atoms with E-state index in [0.717, 1.165) is 0 Å². The van der Waals surface area contributed by atoms with Gasteiger partial charge >= 0.3 is 12.6 Å². The van der Waals surface area contributed by atoms with Crippen molar-refractivity contribution in [3.8, 4) is 17.0 Å². The number of alkyl halides is 2. The predicted molar refractivity (Wildman–Crippen MR) is 96.8 cm³/mol. The molecular formula is C17H17ClF2N4O2. The number of aliphatic imine (C=N–C) groups is 1. The minimum Gasteiger partial charge on any atom is -0.467 e. The number of halogens is 3. The summed E-state index contributed by atoms with van der Waals surface area (Å²) in [6.45, 7) is 0.703. The summed E-state index contributed by atoms with van der Waals surface area (Å²) in [6.07, 6.45) is 1.41. The Balaban J connectivity index is 2.44. The minimum absolute atomic E-state index is 0.194. The van der Waals surface area contributed by atoms with Crippen molar-refractivity contribution in [2.24, 2.45) is 10.1 Å². The molecule has 0 saturated heterocycles. The second-order valence-corrected chi connectivity index (χ2v) is 5.43. The SMILES string of the molecule is C=NN(Cc1cnc(OC(F)F)c(-c2cccc(Cl)c2)c1)/C(=N\C)OC. The largest absolute Gasteiger partial charge is 0.467 e. The lowest BCUT2D eigenvalue weighted by Gasteiger charge is -2.19. The molecule has 0 bridgehead atoms. The van der Waals surface area contributed by atoms with Gasteiger partial charge in [0, 0.05) is 30.5 Å². The van der Waals surface area contributed by atoms with Gasteiger partial charge < -0.3 is 9.47 Å². The van der Waals surface area contributed by atoms with Crippen molar-refractivity contribution >= 4 is 24.3 Å². The van der Waals surface area contributed by atoms with Crippen LogP contribution in [0.3, 0.4) is 0 Å². The number of aromatic nitrogens is 1. The smallest absolute Gasteiger partial charge is 0.388 e. The summed E-state index contributed by atoms with van der Waals surface area (Å²) in [6, 6.07) is 8.67. The third kappa shape index (κ3) is 4.89. The van der Waals surface area contributed by atoms with Gasteiger partial charge in [-0.3, -0.25) is 0 Å². The predicted octanol–water partition coefficient (Wildman–Crippen LogP) is 4.05. The molecule has 0 aliphatic rings. The summed E-state index contributed by atoms with van der Waals surface area (Å²) >= 11 is 6.01. The number of rotatable bonds is 6. The van der Waals surface area contributed by atoms with E-state index in [4.69, 9.17) is 16.3 Å². The van der Waals surface area contributed by atoms with Gasteiger partial charge in [0.25, 0.3) is 0 Å². The number of amidine groups is 1. The van der Waals surface area contributed by atoms with Gasteiger partial charge in [0.05, 0.1) is 13.7 Å². The summed E-state index contributed by atoms with van der Waals surface area (Å²) in [5.74, 6) is -0.194. The van der Waals surface area contributed by atoms with Crippen molar-refractivity contribution in [2.75, 3.05) is 14.2 Å². The van der Waals surface area contributed by atoms with Gasteiger partial charge in [-0.15, -0.1) is 0 Å². The van der Waals surface area contributed by atoms with Crippen molar-refractivity contribution < 1.29 is 18.3 Å². The van der Waals surface area contributed by atoms with E-state index in [1.807, 2.05) is 0 Å². The first-order valence-corrected chi connectivity index (χ1v) is 7.81. The maximum atomic E-state index is 12.7. The molecule has 2 aromatic rings. The average Bonchev–Trinajstić information content (AvgIpc) is 2.62. The van der Waals surface area contributed by atoms with E-state index in [1.54, 1.807) is 37.4 Å². The molecule has 0 aliphatic carbocycles. The third-order valence-electron chi connectivity index (χ3n) is 3.34. The quantitative estimate of drug-likeness (QED) is 0.429. The van der Waals surface area contributed by atoms with Crippen LogP contribution < -0.4 is 4.74 Å². The lowest BCUT2D eigenvalue weighted by atomic mass is 10.1. The molecule has 0 fully saturated rings. The highest BCUT2D eigenvalue weighted by Gasteiger charge is 2.16. The fraction of sp³-hybridized carbons (Fsp3) is 0.235. The van der Waals surface area contributed by atoms with Crippen LogP contribution >= 0.6 is 11.6 Å². The Morgan fingerprint density at radius 3 is 2.73 bits per heavy atom. The molecule has 0 radical (unpaired) electrons. The second kappa shape index (κ2) is 9.10. The molecule has 138 valence electrons.